The lowest BCUT2D eigenvalue weighted by atomic mass is 10.4. The molecule has 0 saturated carbocycles. The number of benzene rings is 3. The largest absolute Gasteiger partial charge is 0.339 e. The van der Waals surface area contributed by atoms with E-state index in [1.807, 2.05) is 14.1 Å². The van der Waals surface area contributed by atoms with Gasteiger partial charge in [-0.05, 0) is 48.6 Å². The van der Waals surface area contributed by atoms with Crippen LogP contribution in [0.2, 0.25) is 0 Å². The molecule has 0 saturated heterocycles. The minimum Gasteiger partial charge on any atom is -0.339 e. The summed E-state index contributed by atoms with van der Waals surface area (Å²) in [5, 5.41) is 3.88. The first-order chi connectivity index (χ1) is 11.7. The van der Waals surface area contributed by atoms with Gasteiger partial charge in [0.1, 0.15) is 15.9 Å². The Hall–Kier alpha value is -2.02. The highest BCUT2D eigenvalue weighted by Crippen LogP contribution is 2.57. The molecule has 0 aromatic heterocycles. The van der Waals surface area contributed by atoms with E-state index in [1.165, 1.54) is 15.9 Å². The minimum absolute atomic E-state index is 0.992. The van der Waals surface area contributed by atoms with Gasteiger partial charge in [0.05, 0.1) is 0 Å². The molecule has 3 aromatic rings. The van der Waals surface area contributed by atoms with Gasteiger partial charge >= 0.3 is 0 Å². The standard InChI is InChI=1S/C21H21NPS/c1-22(2)21(24)23(18-12-6-3-7-13-18,19-14-8-4-9-15-19)20-16-10-5-11-17-20/h3-17H,1-2H3/q+1. The summed E-state index contributed by atoms with van der Waals surface area (Å²) in [6.07, 6.45) is 0. The van der Waals surface area contributed by atoms with Crippen molar-refractivity contribution in [2.45, 2.75) is 0 Å². The van der Waals surface area contributed by atoms with Crippen LogP contribution >= 0.6 is 19.5 Å². The van der Waals surface area contributed by atoms with Gasteiger partial charge in [-0.1, -0.05) is 54.6 Å². The van der Waals surface area contributed by atoms with E-state index in [1.54, 1.807) is 0 Å². The summed E-state index contributed by atoms with van der Waals surface area (Å²) in [7, 11) is 2.05. The van der Waals surface area contributed by atoms with Crippen molar-refractivity contribution in [3.8, 4) is 0 Å². The quantitative estimate of drug-likeness (QED) is 0.520. The predicted molar refractivity (Wildman–Crippen MR) is 111 cm³/mol. The van der Waals surface area contributed by atoms with Crippen molar-refractivity contribution in [2.75, 3.05) is 14.1 Å². The van der Waals surface area contributed by atoms with Gasteiger partial charge in [-0.25, -0.2) is 0 Å². The zero-order valence-corrected chi connectivity index (χ0v) is 15.7. The summed E-state index contributed by atoms with van der Waals surface area (Å²) >= 11 is 6.03. The number of rotatable bonds is 4. The van der Waals surface area contributed by atoms with Crippen LogP contribution in [0.3, 0.4) is 0 Å². The van der Waals surface area contributed by atoms with Crippen LogP contribution in [0.1, 0.15) is 0 Å². The molecule has 0 aliphatic heterocycles. The van der Waals surface area contributed by atoms with Crippen LogP contribution in [0, 0.1) is 0 Å². The minimum atomic E-state index is -2.04. The van der Waals surface area contributed by atoms with Crippen LogP contribution < -0.4 is 15.9 Å². The fourth-order valence-electron chi connectivity index (χ4n) is 3.03. The maximum atomic E-state index is 6.03. The van der Waals surface area contributed by atoms with Crippen LogP contribution in [0.4, 0.5) is 0 Å². The molecule has 0 N–H and O–H groups in total. The third-order valence-electron chi connectivity index (χ3n) is 4.10. The molecule has 3 rings (SSSR count). The summed E-state index contributed by atoms with van der Waals surface area (Å²) in [5.41, 5.74) is 0. The van der Waals surface area contributed by atoms with Gasteiger partial charge in [-0.15, -0.1) is 0 Å². The third kappa shape index (κ3) is 2.88. The van der Waals surface area contributed by atoms with Gasteiger partial charge in [-0.3, -0.25) is 0 Å². The van der Waals surface area contributed by atoms with Crippen molar-refractivity contribution in [2.24, 2.45) is 0 Å². The van der Waals surface area contributed by atoms with Gasteiger partial charge < -0.3 is 4.90 Å². The molecule has 0 radical (unpaired) electrons. The topological polar surface area (TPSA) is 3.24 Å². The van der Waals surface area contributed by atoms with E-state index in [2.05, 4.69) is 95.9 Å². The molecule has 3 heteroatoms. The van der Waals surface area contributed by atoms with Gasteiger partial charge in [0, 0.05) is 14.1 Å². The molecule has 0 spiro atoms. The fourth-order valence-corrected chi connectivity index (χ4v) is 8.00. The van der Waals surface area contributed by atoms with E-state index in [0.29, 0.717) is 0 Å². The molecule has 0 fully saturated rings. The molecule has 24 heavy (non-hydrogen) atoms. The molecular weight excluding hydrogens is 329 g/mol. The lowest BCUT2D eigenvalue weighted by Gasteiger charge is -2.30. The third-order valence-corrected chi connectivity index (χ3v) is 9.48. The predicted octanol–water partition coefficient (Wildman–Crippen LogP) is 3.83. The molecule has 120 valence electrons. The van der Waals surface area contributed by atoms with Gasteiger partial charge in [-0.2, -0.15) is 0 Å². The Morgan fingerprint density at radius 1 is 0.625 bits per heavy atom. The molecule has 3 aromatic carbocycles. The van der Waals surface area contributed by atoms with Crippen molar-refractivity contribution in [1.82, 2.24) is 4.90 Å². The second kappa shape index (κ2) is 7.25. The second-order valence-corrected chi connectivity index (χ2v) is 9.86. The fraction of sp³-hybridized carbons (Fsp3) is 0.0952. The lowest BCUT2D eigenvalue weighted by Crippen LogP contribution is -2.40. The van der Waals surface area contributed by atoms with Crippen molar-refractivity contribution < 1.29 is 0 Å². The van der Waals surface area contributed by atoms with E-state index in [9.17, 15) is 0 Å². The van der Waals surface area contributed by atoms with E-state index < -0.39 is 7.26 Å². The van der Waals surface area contributed by atoms with Gasteiger partial charge in [0.2, 0.25) is 4.73 Å². The average Bonchev–Trinajstić information content (AvgIpc) is 2.65. The maximum Gasteiger partial charge on any atom is 0.239 e. The first kappa shape index (κ1) is 16.8. The van der Waals surface area contributed by atoms with E-state index in [-0.39, 0.29) is 0 Å². The highest BCUT2D eigenvalue weighted by atomic mass is 32.1. The van der Waals surface area contributed by atoms with Crippen molar-refractivity contribution in [3.05, 3.63) is 91.0 Å². The second-order valence-electron chi connectivity index (χ2n) is 5.85. The molecule has 0 unspecified atom stereocenters. The Morgan fingerprint density at radius 2 is 0.917 bits per heavy atom. The Morgan fingerprint density at radius 3 is 1.17 bits per heavy atom. The van der Waals surface area contributed by atoms with Crippen molar-refractivity contribution in [1.29, 1.82) is 0 Å². The molecule has 0 bridgehead atoms. The summed E-state index contributed by atoms with van der Waals surface area (Å²) in [5.74, 6) is 0. The SMILES string of the molecule is CN(C)C(=S)[P+](c1ccccc1)(c1ccccc1)c1ccccc1. The first-order valence-electron chi connectivity index (χ1n) is 7.95. The first-order valence-corrected chi connectivity index (χ1v) is 10.1. The Labute approximate surface area is 150 Å². The summed E-state index contributed by atoms with van der Waals surface area (Å²) in [6.45, 7) is 0. The maximum absolute atomic E-state index is 6.03. The van der Waals surface area contributed by atoms with E-state index in [4.69, 9.17) is 12.2 Å². The number of nitrogens with zero attached hydrogens (tertiary/aromatic N) is 1. The number of hydrogen-bond donors (Lipinski definition) is 0. The normalized spacial score (nSPS) is 11.1. The van der Waals surface area contributed by atoms with Crippen LogP contribution in [0.25, 0.3) is 0 Å². The molecule has 0 heterocycles. The van der Waals surface area contributed by atoms with Crippen LogP contribution in [-0.4, -0.2) is 23.7 Å². The number of hydrogen-bond acceptors (Lipinski definition) is 1. The van der Waals surface area contributed by atoms with Crippen LogP contribution in [-0.2, 0) is 0 Å². The van der Waals surface area contributed by atoms with E-state index >= 15 is 0 Å². The lowest BCUT2D eigenvalue weighted by molar-refractivity contribution is 0.646. The highest BCUT2D eigenvalue weighted by Gasteiger charge is 2.51. The molecule has 0 atom stereocenters. The van der Waals surface area contributed by atoms with E-state index in [0.717, 1.165) is 4.73 Å². The van der Waals surface area contributed by atoms with Gasteiger partial charge in [0.15, 0.2) is 7.26 Å². The smallest absolute Gasteiger partial charge is 0.239 e. The molecule has 1 nitrogen and oxygen atoms in total. The van der Waals surface area contributed by atoms with Crippen molar-refractivity contribution >= 4 is 40.1 Å². The highest BCUT2D eigenvalue weighted by molar-refractivity contribution is 8.17. The molecule has 0 aliphatic rings. The molecular formula is C21H21NPS+. The monoisotopic (exact) mass is 350 g/mol. The molecule has 0 amide bonds. The van der Waals surface area contributed by atoms with Crippen LogP contribution in [0.15, 0.2) is 91.0 Å². The zero-order valence-electron chi connectivity index (χ0n) is 14.0. The Balaban J connectivity index is 2.40. The van der Waals surface area contributed by atoms with Gasteiger partial charge in [0.25, 0.3) is 0 Å². The number of thiocarbonyl (C=S) groups is 1. The molecule has 0 aliphatic carbocycles. The Bertz CT molecular complexity index is 704. The Kier molecular flexibility index (Phi) is 5.08. The summed E-state index contributed by atoms with van der Waals surface area (Å²) in [4.78, 5) is 2.09. The average molecular weight is 350 g/mol. The van der Waals surface area contributed by atoms with Crippen molar-refractivity contribution in [3.63, 3.8) is 0 Å². The van der Waals surface area contributed by atoms with Crippen LogP contribution in [0.5, 0.6) is 0 Å². The summed E-state index contributed by atoms with van der Waals surface area (Å²) < 4.78 is 0.992. The summed E-state index contributed by atoms with van der Waals surface area (Å²) in [6, 6.07) is 32.1. The zero-order chi connectivity index (χ0) is 17.0.